The second-order valence-corrected chi connectivity index (χ2v) is 6.05. The Hall–Kier alpha value is -1.82. The number of aryl methyl sites for hydroxylation is 1. The van der Waals surface area contributed by atoms with Crippen molar-refractivity contribution in [2.75, 3.05) is 30.8 Å². The number of hydrogen-bond donors (Lipinski definition) is 2. The van der Waals surface area contributed by atoms with E-state index < -0.39 is 0 Å². The van der Waals surface area contributed by atoms with E-state index in [1.807, 2.05) is 37.9 Å². The first-order valence-corrected chi connectivity index (χ1v) is 7.47. The van der Waals surface area contributed by atoms with Crippen molar-refractivity contribution in [3.8, 4) is 0 Å². The fourth-order valence-corrected chi connectivity index (χ4v) is 2.90. The minimum atomic E-state index is 0.00306. The summed E-state index contributed by atoms with van der Waals surface area (Å²) in [5, 5.41) is 3.87. The molecule has 1 aromatic carbocycles. The Labute approximate surface area is 122 Å². The zero-order valence-corrected chi connectivity index (χ0v) is 12.9. The summed E-state index contributed by atoms with van der Waals surface area (Å²) in [5.74, 6) is 0.00306. The first-order chi connectivity index (χ1) is 9.51. The normalized spacial score (nSPS) is 10.8. The minimum absolute atomic E-state index is 0.00306. The van der Waals surface area contributed by atoms with Crippen LogP contribution in [0.3, 0.4) is 0 Å². The molecular weight excluding hydrogens is 272 g/mol. The monoisotopic (exact) mass is 292 g/mol. The molecule has 6 heteroatoms. The molecule has 0 aliphatic heterocycles. The van der Waals surface area contributed by atoms with Gasteiger partial charge >= 0.3 is 0 Å². The molecule has 1 heterocycles. The van der Waals surface area contributed by atoms with Gasteiger partial charge in [0.15, 0.2) is 0 Å². The number of nitrogens with one attached hydrogen (secondary N) is 1. The van der Waals surface area contributed by atoms with E-state index in [2.05, 4.69) is 10.3 Å². The van der Waals surface area contributed by atoms with Gasteiger partial charge in [-0.25, -0.2) is 4.98 Å². The molecule has 0 bridgehead atoms. The van der Waals surface area contributed by atoms with Crippen molar-refractivity contribution < 1.29 is 4.79 Å². The van der Waals surface area contributed by atoms with Crippen LogP contribution in [0.4, 0.5) is 11.4 Å². The van der Waals surface area contributed by atoms with Crippen LogP contribution in [-0.4, -0.2) is 31.0 Å². The lowest BCUT2D eigenvalue weighted by molar-refractivity contribution is -0.119. The van der Waals surface area contributed by atoms with E-state index in [9.17, 15) is 4.79 Å². The lowest BCUT2D eigenvalue weighted by Crippen LogP contribution is -2.35. The first-order valence-electron chi connectivity index (χ1n) is 6.65. The van der Waals surface area contributed by atoms with Crippen LogP contribution >= 0.6 is 11.3 Å². The van der Waals surface area contributed by atoms with Gasteiger partial charge in [0.1, 0.15) is 0 Å². The largest absolute Gasteiger partial charge is 0.397 e. The van der Waals surface area contributed by atoms with Gasteiger partial charge in [0, 0.05) is 13.6 Å². The van der Waals surface area contributed by atoms with Gasteiger partial charge in [0.2, 0.25) is 5.91 Å². The number of rotatable bonds is 5. The molecule has 3 N–H and O–H groups in total. The summed E-state index contributed by atoms with van der Waals surface area (Å²) in [6.45, 7) is 4.99. The lowest BCUT2D eigenvalue weighted by atomic mass is 10.2. The number of likely N-dealkylation sites (N-methyl/N-ethyl adjacent to an activating group) is 1. The Bertz CT molecular complexity index is 623. The average molecular weight is 292 g/mol. The van der Waals surface area contributed by atoms with Crippen molar-refractivity contribution in [2.45, 2.75) is 20.3 Å². The van der Waals surface area contributed by atoms with E-state index in [1.54, 1.807) is 11.3 Å². The Morgan fingerprint density at radius 2 is 2.25 bits per heavy atom. The SMILES string of the molecule is CCCNC(=O)CN(C)c1cc2nc(C)sc2cc1N. The van der Waals surface area contributed by atoms with Gasteiger partial charge < -0.3 is 16.0 Å². The van der Waals surface area contributed by atoms with E-state index in [-0.39, 0.29) is 5.91 Å². The van der Waals surface area contributed by atoms with Crippen LogP contribution in [0.15, 0.2) is 12.1 Å². The van der Waals surface area contributed by atoms with Crippen molar-refractivity contribution in [3.63, 3.8) is 0 Å². The Kier molecular flexibility index (Phi) is 4.44. The number of aromatic nitrogens is 1. The highest BCUT2D eigenvalue weighted by molar-refractivity contribution is 7.18. The summed E-state index contributed by atoms with van der Waals surface area (Å²) in [5.41, 5.74) is 8.52. The quantitative estimate of drug-likeness (QED) is 0.828. The number of carbonyl (C=O) groups excluding carboxylic acids is 1. The number of nitrogen functional groups attached to an aromatic ring is 1. The molecule has 0 spiro atoms. The topological polar surface area (TPSA) is 71.2 Å². The van der Waals surface area contributed by atoms with Crippen molar-refractivity contribution >= 4 is 38.8 Å². The Morgan fingerprint density at radius 1 is 1.50 bits per heavy atom. The molecular formula is C14H20N4OS. The molecule has 2 rings (SSSR count). The van der Waals surface area contributed by atoms with Gasteiger partial charge in [0.25, 0.3) is 0 Å². The molecule has 20 heavy (non-hydrogen) atoms. The van der Waals surface area contributed by atoms with Crippen LogP contribution < -0.4 is 16.0 Å². The molecule has 2 aromatic rings. The number of anilines is 2. The molecule has 0 radical (unpaired) electrons. The maximum atomic E-state index is 11.8. The summed E-state index contributed by atoms with van der Waals surface area (Å²) in [7, 11) is 1.86. The predicted octanol–water partition coefficient (Wildman–Crippen LogP) is 2.15. The van der Waals surface area contributed by atoms with Crippen LogP contribution in [0.1, 0.15) is 18.4 Å². The van der Waals surface area contributed by atoms with E-state index in [0.29, 0.717) is 18.8 Å². The molecule has 0 aliphatic carbocycles. The third-order valence-electron chi connectivity index (χ3n) is 3.01. The fourth-order valence-electron chi connectivity index (χ4n) is 2.05. The zero-order valence-electron chi connectivity index (χ0n) is 12.1. The number of thiazole rings is 1. The van der Waals surface area contributed by atoms with Crippen LogP contribution in [0, 0.1) is 6.92 Å². The average Bonchev–Trinajstić information content (AvgIpc) is 2.74. The molecule has 1 amide bonds. The number of nitrogens with two attached hydrogens (primary N) is 1. The van der Waals surface area contributed by atoms with Gasteiger partial charge in [0.05, 0.1) is 33.1 Å². The van der Waals surface area contributed by atoms with E-state index in [4.69, 9.17) is 5.73 Å². The van der Waals surface area contributed by atoms with Gasteiger partial charge in [-0.3, -0.25) is 4.79 Å². The highest BCUT2D eigenvalue weighted by Crippen LogP contribution is 2.31. The molecule has 0 saturated heterocycles. The van der Waals surface area contributed by atoms with E-state index in [1.165, 1.54) is 0 Å². The summed E-state index contributed by atoms with van der Waals surface area (Å²) in [4.78, 5) is 18.1. The highest BCUT2D eigenvalue weighted by Gasteiger charge is 2.12. The maximum Gasteiger partial charge on any atom is 0.239 e. The van der Waals surface area contributed by atoms with Crippen LogP contribution in [0.2, 0.25) is 0 Å². The van der Waals surface area contributed by atoms with Crippen LogP contribution in [0.25, 0.3) is 10.2 Å². The van der Waals surface area contributed by atoms with Gasteiger partial charge in [-0.2, -0.15) is 0 Å². The summed E-state index contributed by atoms with van der Waals surface area (Å²) < 4.78 is 1.08. The van der Waals surface area contributed by atoms with Gasteiger partial charge in [-0.15, -0.1) is 11.3 Å². The standard InChI is InChI=1S/C14H20N4OS/c1-4-5-16-14(19)8-18(3)12-7-11-13(6-10(12)15)20-9(2)17-11/h6-7H,4-5,8,15H2,1-3H3,(H,16,19). The minimum Gasteiger partial charge on any atom is -0.397 e. The Balaban J connectivity index is 2.18. The molecule has 0 saturated carbocycles. The summed E-state index contributed by atoms with van der Waals surface area (Å²) in [6, 6.07) is 3.87. The number of fused-ring (bicyclic) bond motifs is 1. The molecule has 0 fully saturated rings. The molecule has 1 aromatic heterocycles. The van der Waals surface area contributed by atoms with Crippen molar-refractivity contribution in [1.29, 1.82) is 0 Å². The summed E-state index contributed by atoms with van der Waals surface area (Å²) >= 11 is 1.62. The Morgan fingerprint density at radius 3 is 2.95 bits per heavy atom. The van der Waals surface area contributed by atoms with Crippen molar-refractivity contribution in [3.05, 3.63) is 17.1 Å². The van der Waals surface area contributed by atoms with Gasteiger partial charge in [-0.05, 0) is 25.5 Å². The van der Waals surface area contributed by atoms with Crippen LogP contribution in [-0.2, 0) is 4.79 Å². The second kappa shape index (κ2) is 6.09. The lowest BCUT2D eigenvalue weighted by Gasteiger charge is -2.20. The van der Waals surface area contributed by atoms with Crippen molar-refractivity contribution in [2.24, 2.45) is 0 Å². The number of nitrogens with zero attached hydrogens (tertiary/aromatic N) is 2. The number of amides is 1. The second-order valence-electron chi connectivity index (χ2n) is 4.82. The molecule has 108 valence electrons. The molecule has 0 aliphatic rings. The third kappa shape index (κ3) is 3.19. The third-order valence-corrected chi connectivity index (χ3v) is 3.94. The van der Waals surface area contributed by atoms with Crippen molar-refractivity contribution in [1.82, 2.24) is 10.3 Å². The number of benzene rings is 1. The molecule has 5 nitrogen and oxygen atoms in total. The molecule has 0 atom stereocenters. The smallest absolute Gasteiger partial charge is 0.239 e. The number of hydrogen-bond acceptors (Lipinski definition) is 5. The van der Waals surface area contributed by atoms with E-state index in [0.717, 1.165) is 27.3 Å². The zero-order chi connectivity index (χ0) is 14.7. The van der Waals surface area contributed by atoms with Gasteiger partial charge in [-0.1, -0.05) is 6.92 Å². The summed E-state index contributed by atoms with van der Waals surface area (Å²) in [6.07, 6.45) is 0.932. The highest BCUT2D eigenvalue weighted by atomic mass is 32.1. The van der Waals surface area contributed by atoms with Crippen LogP contribution in [0.5, 0.6) is 0 Å². The number of carbonyl (C=O) groups is 1. The fraction of sp³-hybridized carbons (Fsp3) is 0.429. The predicted molar refractivity (Wildman–Crippen MR) is 85.3 cm³/mol. The molecule has 0 unspecified atom stereocenters. The van der Waals surface area contributed by atoms with E-state index >= 15 is 0 Å². The first kappa shape index (κ1) is 14.6. The maximum absolute atomic E-state index is 11.8.